The third kappa shape index (κ3) is 4.15. The van der Waals surface area contributed by atoms with Crippen LogP contribution in [0, 0.1) is 6.92 Å². The minimum atomic E-state index is -0.0866. The maximum absolute atomic E-state index is 12.1. The van der Waals surface area contributed by atoms with E-state index in [2.05, 4.69) is 20.6 Å². The molecule has 0 aliphatic heterocycles. The fourth-order valence-corrected chi connectivity index (χ4v) is 2.60. The SMILES string of the molecule is CCC(C)NC(=O)c1sc(Nc2ccc(Cl)cn2)nc1C. The Morgan fingerprint density at radius 2 is 2.24 bits per heavy atom. The number of amides is 1. The lowest BCUT2D eigenvalue weighted by atomic mass is 10.2. The van der Waals surface area contributed by atoms with Crippen LogP contribution in [-0.4, -0.2) is 21.9 Å². The molecule has 0 fully saturated rings. The van der Waals surface area contributed by atoms with Gasteiger partial charge in [0, 0.05) is 12.2 Å². The van der Waals surface area contributed by atoms with E-state index in [4.69, 9.17) is 11.6 Å². The van der Waals surface area contributed by atoms with E-state index in [1.54, 1.807) is 18.3 Å². The van der Waals surface area contributed by atoms with E-state index >= 15 is 0 Å². The van der Waals surface area contributed by atoms with Crippen molar-refractivity contribution < 1.29 is 4.79 Å². The van der Waals surface area contributed by atoms with Crippen LogP contribution in [0.15, 0.2) is 18.3 Å². The first-order valence-corrected chi connectivity index (χ1v) is 7.86. The summed E-state index contributed by atoms with van der Waals surface area (Å²) in [6.07, 6.45) is 2.45. The lowest BCUT2D eigenvalue weighted by Gasteiger charge is -2.09. The molecule has 2 heterocycles. The molecule has 5 nitrogen and oxygen atoms in total. The molecule has 1 amide bonds. The topological polar surface area (TPSA) is 66.9 Å². The summed E-state index contributed by atoms with van der Waals surface area (Å²) in [5, 5.41) is 7.22. The Morgan fingerprint density at radius 3 is 2.86 bits per heavy atom. The number of nitrogens with zero attached hydrogens (tertiary/aromatic N) is 2. The van der Waals surface area contributed by atoms with Crippen LogP contribution in [-0.2, 0) is 0 Å². The number of aryl methyl sites for hydroxylation is 1. The van der Waals surface area contributed by atoms with Gasteiger partial charge in [-0.05, 0) is 32.4 Å². The fraction of sp³-hybridized carbons (Fsp3) is 0.357. The molecule has 0 bridgehead atoms. The number of aromatic nitrogens is 2. The van der Waals surface area contributed by atoms with E-state index in [9.17, 15) is 4.79 Å². The predicted molar refractivity (Wildman–Crippen MR) is 86.6 cm³/mol. The second-order valence-corrected chi connectivity index (χ2v) is 6.14. The number of hydrogen-bond donors (Lipinski definition) is 2. The van der Waals surface area contributed by atoms with E-state index in [-0.39, 0.29) is 11.9 Å². The number of thiazole rings is 1. The number of carbonyl (C=O) groups excluding carboxylic acids is 1. The van der Waals surface area contributed by atoms with Crippen molar-refractivity contribution in [1.29, 1.82) is 0 Å². The number of rotatable bonds is 5. The van der Waals surface area contributed by atoms with Gasteiger partial charge in [0.1, 0.15) is 10.7 Å². The van der Waals surface area contributed by atoms with Crippen molar-refractivity contribution in [2.45, 2.75) is 33.2 Å². The Bertz CT molecular complexity index is 626. The average molecular weight is 325 g/mol. The second-order valence-electron chi connectivity index (χ2n) is 4.70. The molecular formula is C14H17ClN4OS. The van der Waals surface area contributed by atoms with Gasteiger partial charge in [-0.2, -0.15) is 0 Å². The molecule has 2 aromatic rings. The summed E-state index contributed by atoms with van der Waals surface area (Å²) >= 11 is 7.10. The van der Waals surface area contributed by atoms with Crippen LogP contribution in [0.2, 0.25) is 5.02 Å². The van der Waals surface area contributed by atoms with Crippen LogP contribution >= 0.6 is 22.9 Å². The zero-order valence-electron chi connectivity index (χ0n) is 12.1. The highest BCUT2D eigenvalue weighted by molar-refractivity contribution is 7.17. The Labute approximate surface area is 132 Å². The largest absolute Gasteiger partial charge is 0.349 e. The first kappa shape index (κ1) is 15.7. The number of hydrogen-bond acceptors (Lipinski definition) is 5. The fourth-order valence-electron chi connectivity index (χ4n) is 1.61. The van der Waals surface area contributed by atoms with Gasteiger partial charge in [0.2, 0.25) is 0 Å². The predicted octanol–water partition coefficient (Wildman–Crippen LogP) is 3.77. The third-order valence-electron chi connectivity index (χ3n) is 2.96. The molecular weight excluding hydrogens is 308 g/mol. The summed E-state index contributed by atoms with van der Waals surface area (Å²) in [5.74, 6) is 0.554. The maximum Gasteiger partial charge on any atom is 0.263 e. The number of nitrogens with one attached hydrogen (secondary N) is 2. The van der Waals surface area contributed by atoms with Crippen molar-refractivity contribution in [3.05, 3.63) is 33.9 Å². The third-order valence-corrected chi connectivity index (χ3v) is 4.25. The van der Waals surface area contributed by atoms with Crippen LogP contribution in [0.5, 0.6) is 0 Å². The highest BCUT2D eigenvalue weighted by Gasteiger charge is 2.16. The molecule has 0 saturated heterocycles. The summed E-state index contributed by atoms with van der Waals surface area (Å²) in [6.45, 7) is 5.83. The van der Waals surface area contributed by atoms with Crippen LogP contribution in [0.4, 0.5) is 10.9 Å². The van der Waals surface area contributed by atoms with E-state index in [0.29, 0.717) is 26.5 Å². The molecule has 0 saturated carbocycles. The van der Waals surface area contributed by atoms with Gasteiger partial charge in [0.05, 0.1) is 10.7 Å². The Kier molecular flexibility index (Phi) is 5.14. The number of pyridine rings is 1. The Morgan fingerprint density at radius 1 is 1.48 bits per heavy atom. The smallest absolute Gasteiger partial charge is 0.263 e. The van der Waals surface area contributed by atoms with Crippen LogP contribution < -0.4 is 10.6 Å². The zero-order valence-corrected chi connectivity index (χ0v) is 13.7. The van der Waals surface area contributed by atoms with Gasteiger partial charge in [-0.3, -0.25) is 4.79 Å². The molecule has 112 valence electrons. The molecule has 0 spiro atoms. The van der Waals surface area contributed by atoms with Gasteiger partial charge >= 0.3 is 0 Å². The summed E-state index contributed by atoms with van der Waals surface area (Å²) < 4.78 is 0. The summed E-state index contributed by atoms with van der Waals surface area (Å²) in [6, 6.07) is 3.65. The standard InChI is InChI=1S/C14H17ClN4OS/c1-4-8(2)17-13(20)12-9(3)18-14(21-12)19-11-6-5-10(15)7-16-11/h5-8H,4H2,1-3H3,(H,17,20)(H,16,18,19). The van der Waals surface area contributed by atoms with E-state index in [1.807, 2.05) is 20.8 Å². The quantitative estimate of drug-likeness (QED) is 0.878. The van der Waals surface area contributed by atoms with Gasteiger partial charge in [0.25, 0.3) is 5.91 Å². The number of anilines is 2. The van der Waals surface area contributed by atoms with Crippen molar-refractivity contribution in [2.24, 2.45) is 0 Å². The molecule has 7 heteroatoms. The highest BCUT2D eigenvalue weighted by atomic mass is 35.5. The summed E-state index contributed by atoms with van der Waals surface area (Å²) in [5.41, 5.74) is 0.706. The van der Waals surface area contributed by atoms with Crippen molar-refractivity contribution in [1.82, 2.24) is 15.3 Å². The Balaban J connectivity index is 2.11. The van der Waals surface area contributed by atoms with Crippen LogP contribution in [0.3, 0.4) is 0 Å². The lowest BCUT2D eigenvalue weighted by molar-refractivity contribution is 0.0942. The van der Waals surface area contributed by atoms with Gasteiger partial charge in [-0.15, -0.1) is 0 Å². The first-order chi connectivity index (χ1) is 9.99. The highest BCUT2D eigenvalue weighted by Crippen LogP contribution is 2.25. The molecule has 2 N–H and O–H groups in total. The molecule has 2 rings (SSSR count). The monoisotopic (exact) mass is 324 g/mol. The molecule has 21 heavy (non-hydrogen) atoms. The van der Waals surface area contributed by atoms with Crippen molar-refractivity contribution >= 4 is 39.8 Å². The summed E-state index contributed by atoms with van der Waals surface area (Å²) in [7, 11) is 0. The lowest BCUT2D eigenvalue weighted by Crippen LogP contribution is -2.31. The van der Waals surface area contributed by atoms with E-state index < -0.39 is 0 Å². The van der Waals surface area contributed by atoms with Crippen molar-refractivity contribution in [3.8, 4) is 0 Å². The maximum atomic E-state index is 12.1. The molecule has 1 unspecified atom stereocenters. The van der Waals surface area contributed by atoms with Crippen molar-refractivity contribution in [2.75, 3.05) is 5.32 Å². The second kappa shape index (κ2) is 6.87. The summed E-state index contributed by atoms with van der Waals surface area (Å²) in [4.78, 5) is 21.3. The molecule has 0 aliphatic rings. The molecule has 0 aromatic carbocycles. The van der Waals surface area contributed by atoms with Crippen LogP contribution in [0.25, 0.3) is 0 Å². The number of carbonyl (C=O) groups is 1. The normalized spacial score (nSPS) is 12.0. The van der Waals surface area contributed by atoms with E-state index in [1.165, 1.54) is 11.3 Å². The van der Waals surface area contributed by atoms with Crippen LogP contribution in [0.1, 0.15) is 35.6 Å². The van der Waals surface area contributed by atoms with Gasteiger partial charge in [-0.1, -0.05) is 29.9 Å². The van der Waals surface area contributed by atoms with Gasteiger partial charge in [-0.25, -0.2) is 9.97 Å². The minimum absolute atomic E-state index is 0.0866. The van der Waals surface area contributed by atoms with Gasteiger partial charge in [0.15, 0.2) is 5.13 Å². The number of halogens is 1. The van der Waals surface area contributed by atoms with Gasteiger partial charge < -0.3 is 10.6 Å². The molecule has 0 aliphatic carbocycles. The van der Waals surface area contributed by atoms with E-state index in [0.717, 1.165) is 6.42 Å². The first-order valence-electron chi connectivity index (χ1n) is 6.66. The minimum Gasteiger partial charge on any atom is -0.349 e. The molecule has 1 atom stereocenters. The Hall–Kier alpha value is -1.66. The zero-order chi connectivity index (χ0) is 15.4. The van der Waals surface area contributed by atoms with Crippen molar-refractivity contribution in [3.63, 3.8) is 0 Å². The average Bonchev–Trinajstić information content (AvgIpc) is 2.82. The molecule has 2 aromatic heterocycles. The molecule has 0 radical (unpaired) electrons.